The maximum absolute atomic E-state index is 12.5. The monoisotopic (exact) mass is 343 g/mol. The number of carbonyl (C=O) groups excluding carboxylic acids is 1. The SMILES string of the molecule is O=C1CCc2ccc(S(=O)(=O)Nc3cnc(C4CCC4)nc3)cc21. The molecular formula is C17H17N3O3S. The maximum atomic E-state index is 12.5. The van der Waals surface area contributed by atoms with Crippen LogP contribution in [-0.4, -0.2) is 24.2 Å². The molecule has 0 saturated heterocycles. The number of benzene rings is 1. The molecule has 0 bridgehead atoms. The Bertz CT molecular complexity index is 903. The van der Waals surface area contributed by atoms with Crippen LogP contribution in [0.25, 0.3) is 0 Å². The van der Waals surface area contributed by atoms with Crippen molar-refractivity contribution in [3.05, 3.63) is 47.5 Å². The average molecular weight is 343 g/mol. The summed E-state index contributed by atoms with van der Waals surface area (Å²) in [7, 11) is -3.77. The third-order valence-electron chi connectivity index (χ3n) is 4.71. The number of rotatable bonds is 4. The number of Topliss-reactive ketones (excluding diaryl/α,β-unsaturated/α-hetero) is 1. The van der Waals surface area contributed by atoms with Crippen molar-refractivity contribution >= 4 is 21.5 Å². The van der Waals surface area contributed by atoms with Gasteiger partial charge in [0.25, 0.3) is 10.0 Å². The smallest absolute Gasteiger partial charge is 0.262 e. The van der Waals surface area contributed by atoms with Gasteiger partial charge in [0.2, 0.25) is 0 Å². The van der Waals surface area contributed by atoms with Crippen LogP contribution < -0.4 is 4.72 Å². The Morgan fingerprint density at radius 2 is 1.83 bits per heavy atom. The predicted molar refractivity (Wildman–Crippen MR) is 88.5 cm³/mol. The van der Waals surface area contributed by atoms with Gasteiger partial charge in [-0.3, -0.25) is 9.52 Å². The molecule has 0 radical (unpaired) electrons. The fraction of sp³-hybridized carbons (Fsp3) is 0.353. The molecule has 1 aromatic heterocycles. The number of anilines is 1. The molecule has 6 nitrogen and oxygen atoms in total. The van der Waals surface area contributed by atoms with Crippen molar-refractivity contribution in [3.8, 4) is 0 Å². The molecule has 0 spiro atoms. The lowest BCUT2D eigenvalue weighted by atomic mass is 9.85. The van der Waals surface area contributed by atoms with Crippen molar-refractivity contribution in [2.75, 3.05) is 4.72 Å². The third kappa shape index (κ3) is 2.69. The van der Waals surface area contributed by atoms with Crippen LogP contribution in [0.4, 0.5) is 5.69 Å². The van der Waals surface area contributed by atoms with E-state index in [0.717, 1.165) is 24.2 Å². The minimum absolute atomic E-state index is 0.00441. The minimum atomic E-state index is -3.77. The molecule has 1 aromatic carbocycles. The van der Waals surface area contributed by atoms with E-state index in [1.807, 2.05) is 0 Å². The summed E-state index contributed by atoms with van der Waals surface area (Å²) in [5.74, 6) is 1.17. The van der Waals surface area contributed by atoms with Gasteiger partial charge in [0, 0.05) is 17.9 Å². The summed E-state index contributed by atoms with van der Waals surface area (Å²) >= 11 is 0. The molecule has 24 heavy (non-hydrogen) atoms. The lowest BCUT2D eigenvalue weighted by molar-refractivity contribution is 0.0994. The highest BCUT2D eigenvalue weighted by Gasteiger charge is 2.24. The zero-order chi connectivity index (χ0) is 16.7. The van der Waals surface area contributed by atoms with E-state index in [-0.39, 0.29) is 10.7 Å². The van der Waals surface area contributed by atoms with E-state index in [0.29, 0.717) is 30.0 Å². The Labute approximate surface area is 140 Å². The van der Waals surface area contributed by atoms with Crippen LogP contribution >= 0.6 is 0 Å². The molecule has 0 atom stereocenters. The number of ketones is 1. The number of nitrogens with one attached hydrogen (secondary N) is 1. The number of aromatic nitrogens is 2. The first-order valence-corrected chi connectivity index (χ1v) is 9.52. The number of hydrogen-bond donors (Lipinski definition) is 1. The molecule has 2 aromatic rings. The van der Waals surface area contributed by atoms with Crippen molar-refractivity contribution in [2.45, 2.75) is 42.9 Å². The summed E-state index contributed by atoms with van der Waals surface area (Å²) < 4.78 is 27.5. The Morgan fingerprint density at radius 3 is 2.50 bits per heavy atom. The molecular weight excluding hydrogens is 326 g/mol. The second-order valence-corrected chi connectivity index (χ2v) is 7.99. The summed E-state index contributed by atoms with van der Waals surface area (Å²) in [5, 5.41) is 0. The molecule has 7 heteroatoms. The summed E-state index contributed by atoms with van der Waals surface area (Å²) in [6, 6.07) is 4.70. The van der Waals surface area contributed by atoms with Gasteiger partial charge in [-0.25, -0.2) is 18.4 Å². The highest BCUT2D eigenvalue weighted by atomic mass is 32.2. The fourth-order valence-electron chi connectivity index (χ4n) is 3.07. The first kappa shape index (κ1) is 15.3. The van der Waals surface area contributed by atoms with Crippen molar-refractivity contribution < 1.29 is 13.2 Å². The van der Waals surface area contributed by atoms with E-state index in [1.54, 1.807) is 6.07 Å². The van der Waals surface area contributed by atoms with Crippen molar-refractivity contribution in [1.82, 2.24) is 9.97 Å². The molecule has 0 amide bonds. The van der Waals surface area contributed by atoms with Gasteiger partial charge in [-0.1, -0.05) is 12.5 Å². The highest BCUT2D eigenvalue weighted by Crippen LogP contribution is 2.34. The minimum Gasteiger partial charge on any atom is -0.294 e. The molecule has 2 aliphatic rings. The Balaban J connectivity index is 1.57. The summed E-state index contributed by atoms with van der Waals surface area (Å²) in [6.45, 7) is 0. The van der Waals surface area contributed by atoms with Crippen LogP contribution in [0.2, 0.25) is 0 Å². The maximum Gasteiger partial charge on any atom is 0.262 e. The normalized spacial score (nSPS) is 17.4. The molecule has 1 heterocycles. The zero-order valence-electron chi connectivity index (χ0n) is 13.0. The third-order valence-corrected chi connectivity index (χ3v) is 6.09. The number of carbonyl (C=O) groups is 1. The van der Waals surface area contributed by atoms with Gasteiger partial charge in [-0.15, -0.1) is 0 Å². The van der Waals surface area contributed by atoms with Gasteiger partial charge in [-0.05, 0) is 37.0 Å². The van der Waals surface area contributed by atoms with Crippen LogP contribution in [0.1, 0.15) is 53.3 Å². The Hall–Kier alpha value is -2.28. The first-order chi connectivity index (χ1) is 11.5. The van der Waals surface area contributed by atoms with Gasteiger partial charge in [0.05, 0.1) is 23.0 Å². The zero-order valence-corrected chi connectivity index (χ0v) is 13.8. The Morgan fingerprint density at radius 1 is 1.08 bits per heavy atom. The molecule has 1 N–H and O–H groups in total. The molecule has 124 valence electrons. The van der Waals surface area contributed by atoms with Crippen LogP contribution in [0.5, 0.6) is 0 Å². The molecule has 0 unspecified atom stereocenters. The summed E-state index contributed by atoms with van der Waals surface area (Å²) in [5.41, 5.74) is 1.74. The number of nitrogens with zero attached hydrogens (tertiary/aromatic N) is 2. The van der Waals surface area contributed by atoms with Crippen LogP contribution in [0.3, 0.4) is 0 Å². The van der Waals surface area contributed by atoms with E-state index >= 15 is 0 Å². The highest BCUT2D eigenvalue weighted by molar-refractivity contribution is 7.92. The number of sulfonamides is 1. The predicted octanol–water partition coefficient (Wildman–Crippen LogP) is 2.67. The molecule has 2 aliphatic carbocycles. The quantitative estimate of drug-likeness (QED) is 0.922. The van der Waals surface area contributed by atoms with Gasteiger partial charge in [0.1, 0.15) is 5.82 Å². The van der Waals surface area contributed by atoms with E-state index in [9.17, 15) is 13.2 Å². The van der Waals surface area contributed by atoms with Gasteiger partial charge < -0.3 is 0 Å². The topological polar surface area (TPSA) is 89.0 Å². The average Bonchev–Trinajstić information content (AvgIpc) is 2.88. The van der Waals surface area contributed by atoms with E-state index in [4.69, 9.17) is 0 Å². The van der Waals surface area contributed by atoms with Crippen molar-refractivity contribution in [2.24, 2.45) is 0 Å². The fourth-order valence-corrected chi connectivity index (χ4v) is 4.12. The van der Waals surface area contributed by atoms with Crippen LogP contribution in [0, 0.1) is 0 Å². The standard InChI is InChI=1S/C17H17N3O3S/c21-16-7-5-11-4-6-14(8-15(11)16)24(22,23)20-13-9-18-17(19-10-13)12-2-1-3-12/h4,6,8-10,12,20H,1-3,5,7H2. The van der Waals surface area contributed by atoms with Crippen LogP contribution in [-0.2, 0) is 16.4 Å². The lowest BCUT2D eigenvalue weighted by Gasteiger charge is -2.23. The van der Waals surface area contributed by atoms with Crippen molar-refractivity contribution in [1.29, 1.82) is 0 Å². The number of fused-ring (bicyclic) bond motifs is 1. The Kier molecular flexibility index (Phi) is 3.60. The van der Waals surface area contributed by atoms with Gasteiger partial charge >= 0.3 is 0 Å². The largest absolute Gasteiger partial charge is 0.294 e. The first-order valence-electron chi connectivity index (χ1n) is 8.04. The summed E-state index contributed by atoms with van der Waals surface area (Å²) in [4.78, 5) is 20.4. The number of hydrogen-bond acceptors (Lipinski definition) is 5. The van der Waals surface area contributed by atoms with Crippen LogP contribution in [0.15, 0.2) is 35.5 Å². The molecule has 4 rings (SSSR count). The summed E-state index contributed by atoms with van der Waals surface area (Å²) in [6.07, 6.45) is 7.50. The van der Waals surface area contributed by atoms with Gasteiger partial charge in [-0.2, -0.15) is 0 Å². The second kappa shape index (κ2) is 5.66. The molecule has 1 saturated carbocycles. The molecule has 1 fully saturated rings. The molecule has 0 aliphatic heterocycles. The lowest BCUT2D eigenvalue weighted by Crippen LogP contribution is -2.16. The van der Waals surface area contributed by atoms with E-state index in [1.165, 1.54) is 30.9 Å². The number of aryl methyl sites for hydroxylation is 1. The van der Waals surface area contributed by atoms with Gasteiger partial charge in [0.15, 0.2) is 5.78 Å². The van der Waals surface area contributed by atoms with Crippen molar-refractivity contribution in [3.63, 3.8) is 0 Å². The second-order valence-electron chi connectivity index (χ2n) is 6.31. The van der Waals surface area contributed by atoms with E-state index < -0.39 is 10.0 Å². The van der Waals surface area contributed by atoms with E-state index in [2.05, 4.69) is 14.7 Å².